The molecule has 10 aromatic carbocycles. The molecule has 10 aromatic rings. The number of hydrogen-bond acceptors (Lipinski definition) is 23. The Kier molecular flexibility index (Phi) is 26.2. The molecule has 27 heteroatoms. The Labute approximate surface area is 632 Å². The number of hydrogen-bond donors (Lipinski definition) is 1. The van der Waals surface area contributed by atoms with Gasteiger partial charge in [0.25, 0.3) is 0 Å². The summed E-state index contributed by atoms with van der Waals surface area (Å²) < 4.78 is 134. The van der Waals surface area contributed by atoms with Gasteiger partial charge in [-0.25, -0.2) is 28.3 Å². The van der Waals surface area contributed by atoms with Crippen LogP contribution in [0.1, 0.15) is 64.5 Å². The van der Waals surface area contributed by atoms with E-state index in [2.05, 4.69) is 0 Å². The van der Waals surface area contributed by atoms with E-state index in [1.165, 1.54) is 111 Å². The van der Waals surface area contributed by atoms with Crippen LogP contribution in [0, 0.1) is 11.3 Å². The Morgan fingerprint density at radius 1 is 0.431 bits per heavy atom. The van der Waals surface area contributed by atoms with E-state index in [1.807, 2.05) is 36.4 Å². The molecule has 1 N–H and O–H groups in total. The summed E-state index contributed by atoms with van der Waals surface area (Å²) in [5.74, 6) is -3.26. The molecule has 12 rings (SSSR count). The third-order valence-electron chi connectivity index (χ3n) is 17.2. The smallest absolute Gasteiger partial charge is 0.497 e. The van der Waals surface area contributed by atoms with Gasteiger partial charge in [0.15, 0.2) is 12.2 Å². The van der Waals surface area contributed by atoms with Crippen LogP contribution in [0.25, 0.3) is 0 Å². The minimum Gasteiger partial charge on any atom is -0.497 e. The van der Waals surface area contributed by atoms with Gasteiger partial charge in [-0.3, -0.25) is 23.0 Å². The van der Waals surface area contributed by atoms with Crippen molar-refractivity contribution in [1.29, 1.82) is 5.26 Å². The molecular weight excluding hydrogens is 1460 g/mol. The van der Waals surface area contributed by atoms with Crippen molar-refractivity contribution in [3.63, 3.8) is 0 Å². The van der Waals surface area contributed by atoms with E-state index >= 15 is 9.36 Å². The number of esters is 4. The van der Waals surface area contributed by atoms with Crippen LogP contribution in [0.4, 0.5) is 0 Å². The molecule has 0 aromatic heterocycles. The molecule has 2 aliphatic heterocycles. The number of rotatable bonds is 32. The SMILES string of the molecule is COc1ccc(C(OC[C@H]2O[C@@H](Oc3ccccc3)[C@H](OC(=O)c3ccccc3)[C@@H](OC(=O)c3ccccc3)[C@@H]2OP(=O)(OCCC#N)OC[C@H]2O[C@@H](Oc3ccccc3)[C@H](OC(=O)c3ccccc3)[C@@H](OC(=O)c3ccccc3)[C@@H]2OP(=O)(O)Oc2ccccc2Cl)(c2ccccc2)c2ccc(OC)cc2)cc1. The van der Waals surface area contributed by atoms with E-state index in [0.717, 1.165) is 0 Å². The molecule has 2 heterocycles. The second-order valence-electron chi connectivity index (χ2n) is 24.3. The lowest BCUT2D eigenvalue weighted by Crippen LogP contribution is -2.64. The summed E-state index contributed by atoms with van der Waals surface area (Å²) in [6.07, 6.45) is -20.3. The highest BCUT2D eigenvalue weighted by atomic mass is 35.5. The van der Waals surface area contributed by atoms with Crippen LogP contribution in [0.3, 0.4) is 0 Å². The van der Waals surface area contributed by atoms with Crippen molar-refractivity contribution in [2.75, 3.05) is 34.0 Å². The first kappa shape index (κ1) is 77.6. The Morgan fingerprint density at radius 2 is 0.789 bits per heavy atom. The zero-order valence-electron chi connectivity index (χ0n) is 58.4. The molecule has 0 radical (unpaired) electrons. The molecule has 109 heavy (non-hydrogen) atoms. The van der Waals surface area contributed by atoms with E-state index in [1.54, 1.807) is 158 Å². The Balaban J connectivity index is 1.03. The maximum Gasteiger partial charge on any atom is 0.527 e. The molecule has 0 saturated carbocycles. The molecule has 0 spiro atoms. The minimum absolute atomic E-state index is 0.00935. The maximum atomic E-state index is 16.8. The molecule has 560 valence electrons. The number of benzene rings is 10. The van der Waals surface area contributed by atoms with E-state index < -0.39 is 133 Å². The second-order valence-corrected chi connectivity index (χ2v) is 27.7. The molecule has 2 saturated heterocycles. The number of halogens is 1. The van der Waals surface area contributed by atoms with Gasteiger partial charge in [-0.2, -0.15) is 5.26 Å². The summed E-state index contributed by atoms with van der Waals surface area (Å²) in [5, 5.41) is 10.0. The number of phosphoric ester groups is 2. The van der Waals surface area contributed by atoms with Crippen LogP contribution in [-0.2, 0) is 66.0 Å². The van der Waals surface area contributed by atoms with Gasteiger partial charge in [0.1, 0.15) is 58.8 Å². The molecule has 2 unspecified atom stereocenters. The quantitative estimate of drug-likeness (QED) is 0.0135. The van der Waals surface area contributed by atoms with Gasteiger partial charge in [0.05, 0.1) is 73.8 Å². The number of carbonyl (C=O) groups is 4. The fourth-order valence-electron chi connectivity index (χ4n) is 12.0. The lowest BCUT2D eigenvalue weighted by atomic mass is 9.80. The van der Waals surface area contributed by atoms with Crippen LogP contribution >= 0.6 is 27.2 Å². The molecule has 0 amide bonds. The summed E-state index contributed by atoms with van der Waals surface area (Å²) in [6, 6.07) is 77.7. The highest BCUT2D eigenvalue weighted by Gasteiger charge is 2.59. The summed E-state index contributed by atoms with van der Waals surface area (Å²) in [4.78, 5) is 71.2. The van der Waals surface area contributed by atoms with Gasteiger partial charge >= 0.3 is 39.5 Å². The third-order valence-corrected chi connectivity index (χ3v) is 20.0. The summed E-state index contributed by atoms with van der Waals surface area (Å²) >= 11 is 6.50. The number of nitrogens with zero attached hydrogens (tertiary/aromatic N) is 1. The largest absolute Gasteiger partial charge is 0.527 e. The van der Waals surface area contributed by atoms with Gasteiger partial charge in [-0.15, -0.1) is 0 Å². The van der Waals surface area contributed by atoms with E-state index in [0.29, 0.717) is 28.2 Å². The molecule has 12 atom stereocenters. The number of nitriles is 1. The maximum absolute atomic E-state index is 16.8. The Bertz CT molecular complexity index is 4730. The van der Waals surface area contributed by atoms with Crippen molar-refractivity contribution in [2.45, 2.75) is 73.4 Å². The van der Waals surface area contributed by atoms with Crippen molar-refractivity contribution in [1.82, 2.24) is 0 Å². The summed E-state index contributed by atoms with van der Waals surface area (Å²) in [7, 11) is -8.28. The second kappa shape index (κ2) is 36.7. The third kappa shape index (κ3) is 19.7. The van der Waals surface area contributed by atoms with E-state index in [-0.39, 0.29) is 44.5 Å². The highest BCUT2D eigenvalue weighted by molar-refractivity contribution is 7.48. The average molecular weight is 1540 g/mol. The minimum atomic E-state index is -5.67. The summed E-state index contributed by atoms with van der Waals surface area (Å²) in [6.45, 7) is -2.58. The topological polar surface area (TPSA) is 294 Å². The lowest BCUT2D eigenvalue weighted by Gasteiger charge is -2.46. The predicted molar refractivity (Wildman–Crippen MR) is 394 cm³/mol. The van der Waals surface area contributed by atoms with Gasteiger partial charge in [0, 0.05) is 0 Å². The molecule has 2 aliphatic rings. The first-order valence-electron chi connectivity index (χ1n) is 34.2. The van der Waals surface area contributed by atoms with Gasteiger partial charge in [-0.1, -0.05) is 188 Å². The van der Waals surface area contributed by atoms with Crippen LogP contribution in [0.15, 0.2) is 285 Å². The van der Waals surface area contributed by atoms with Gasteiger partial charge in [-0.05, 0) is 126 Å². The molecule has 24 nitrogen and oxygen atoms in total. The molecule has 0 bridgehead atoms. The first-order chi connectivity index (χ1) is 53.0. The van der Waals surface area contributed by atoms with Crippen LogP contribution in [0.5, 0.6) is 28.7 Å². The summed E-state index contributed by atoms with van der Waals surface area (Å²) in [5.41, 5.74) is -0.135. The standard InChI is InChI=1S/C82H72ClNO23P2/c1-92-62-47-43-60(44-48-62)82(59-35-18-7-19-36-59,61-45-49-63(93-2)50-46-61)94-53-68-71(73(102-77(86)56-29-12-4-13-30-56)75(104-79(88)58-33-16-6-17-34-58)80(99-68)97-64-37-20-8-21-38-64)107-109(91,95-52-26-51-84)96-54-69-70(106-108(89,90)105-67-42-25-24-41-66(67)83)72(101-76(85)55-27-10-3-11-28-55)74(103-78(87)57-31-14-5-15-32-57)81(100-69)98-65-39-22-9-23-40-65/h3-25,27-50,68-75,80-81H,26,52-54H2,1-2H3,(H,89,90)/t68-,69-,70-,71-,72+,73+,74-,75-,80-,81-,109?/m1/s1. The predicted octanol–water partition coefficient (Wildman–Crippen LogP) is 15.2. The van der Waals surface area contributed by atoms with E-state index in [9.17, 15) is 29.1 Å². The Morgan fingerprint density at radius 3 is 1.19 bits per heavy atom. The van der Waals surface area contributed by atoms with Crippen LogP contribution in [-0.4, -0.2) is 124 Å². The van der Waals surface area contributed by atoms with Crippen molar-refractivity contribution in [2.24, 2.45) is 0 Å². The number of carbonyl (C=O) groups excluding carboxylic acids is 4. The van der Waals surface area contributed by atoms with Crippen molar-refractivity contribution in [3.8, 4) is 34.8 Å². The normalized spacial score (nSPS) is 20.7. The zero-order valence-corrected chi connectivity index (χ0v) is 60.9. The van der Waals surface area contributed by atoms with Crippen LogP contribution < -0.4 is 23.5 Å². The molecule has 2 fully saturated rings. The van der Waals surface area contributed by atoms with Crippen molar-refractivity contribution < 1.29 is 108 Å². The number of methoxy groups -OCH3 is 2. The zero-order chi connectivity index (χ0) is 76.2. The van der Waals surface area contributed by atoms with E-state index in [4.69, 9.17) is 86.3 Å². The van der Waals surface area contributed by atoms with Gasteiger partial charge < -0.3 is 56.6 Å². The fourth-order valence-corrected chi connectivity index (χ4v) is 14.7. The molecule has 0 aliphatic carbocycles. The fraction of sp³-hybridized carbons (Fsp3) is 0.207. The van der Waals surface area contributed by atoms with Gasteiger partial charge in [0.2, 0.25) is 24.8 Å². The lowest BCUT2D eigenvalue weighted by molar-refractivity contribution is -0.281. The van der Waals surface area contributed by atoms with Crippen molar-refractivity contribution in [3.05, 3.63) is 329 Å². The monoisotopic (exact) mass is 1540 g/mol. The Hall–Kier alpha value is -11.0. The van der Waals surface area contributed by atoms with Crippen molar-refractivity contribution >= 4 is 51.1 Å². The number of para-hydroxylation sites is 3. The number of ether oxygens (including phenoxy) is 11. The highest BCUT2D eigenvalue weighted by Crippen LogP contribution is 2.56. The first-order valence-corrected chi connectivity index (χ1v) is 37.5. The molecular formula is C82H72ClNO23P2. The number of phosphoric acid groups is 2. The van der Waals surface area contributed by atoms with Crippen LogP contribution in [0.2, 0.25) is 5.02 Å². The average Bonchev–Trinajstić information content (AvgIpc) is 0.754.